The van der Waals surface area contributed by atoms with Crippen LogP contribution >= 0.6 is 0 Å². The molecule has 3 rings (SSSR count). The molecule has 0 spiro atoms. The number of amides is 1. The van der Waals surface area contributed by atoms with Crippen molar-refractivity contribution in [3.8, 4) is 11.5 Å². The smallest absolute Gasteiger partial charge is 0.397 e. The van der Waals surface area contributed by atoms with Gasteiger partial charge in [0.1, 0.15) is 22.0 Å². The van der Waals surface area contributed by atoms with Crippen LogP contribution in [-0.4, -0.2) is 75.8 Å². The summed E-state index contributed by atoms with van der Waals surface area (Å²) in [5.74, 6) is -3.58. The minimum atomic E-state index is -5.23. The minimum Gasteiger partial charge on any atom is -0.506 e. The molecule has 0 saturated heterocycles. The highest BCUT2D eigenvalue weighted by Crippen LogP contribution is 2.45. The van der Waals surface area contributed by atoms with E-state index in [9.17, 15) is 57.8 Å². The number of benzene rings is 3. The molecule has 1 amide bonds. The Morgan fingerprint density at radius 2 is 1.49 bits per heavy atom. The van der Waals surface area contributed by atoms with E-state index in [4.69, 9.17) is 4.55 Å². The molecule has 234 valence electrons. The zero-order valence-corrected chi connectivity index (χ0v) is 24.9. The monoisotopic (exact) mass is 683 g/mol. The number of sulfone groups is 1. The van der Waals surface area contributed by atoms with Crippen molar-refractivity contribution < 1.29 is 66.5 Å². The molecule has 3 aromatic carbocycles. The van der Waals surface area contributed by atoms with E-state index in [0.29, 0.717) is 12.1 Å². The third-order valence-corrected chi connectivity index (χ3v) is 9.44. The zero-order chi connectivity index (χ0) is 32.7. The second-order valence-electron chi connectivity index (χ2n) is 8.65. The first kappa shape index (κ1) is 33.7. The van der Waals surface area contributed by atoms with E-state index in [1.165, 1.54) is 6.92 Å². The molecule has 6 N–H and O–H groups in total. The summed E-state index contributed by atoms with van der Waals surface area (Å²) in [6.45, 7) is 1.32. The highest BCUT2D eigenvalue weighted by atomic mass is 32.3. The van der Waals surface area contributed by atoms with Crippen molar-refractivity contribution in [3.63, 3.8) is 0 Å². The van der Waals surface area contributed by atoms with Gasteiger partial charge in [-0.05, 0) is 42.1 Å². The van der Waals surface area contributed by atoms with Gasteiger partial charge in [0, 0.05) is 18.4 Å². The maximum absolute atomic E-state index is 12.6. The SMILES string of the molecule is CC(=O)Nc1cc(S(=O)(=O)O)cc2cc(S(=O)(=O)O)c(N=Nc3cc(C)c(S(=O)(=O)CCOS(=O)(=O)O)cc3O)c(O)c12. The highest BCUT2D eigenvalue weighted by molar-refractivity contribution is 7.91. The highest BCUT2D eigenvalue weighted by Gasteiger charge is 2.26. The van der Waals surface area contributed by atoms with Gasteiger partial charge < -0.3 is 15.5 Å². The largest absolute Gasteiger partial charge is 0.506 e. The van der Waals surface area contributed by atoms with Crippen LogP contribution in [-0.2, 0) is 49.5 Å². The molecular weight excluding hydrogens is 663 g/mol. The Bertz CT molecular complexity index is 2130. The first-order valence-corrected chi connectivity index (χ1v) is 17.1. The Morgan fingerprint density at radius 3 is 2.02 bits per heavy atom. The Hall–Kier alpha value is -3.77. The summed E-state index contributed by atoms with van der Waals surface area (Å²) in [4.78, 5) is 9.31. The number of carbonyl (C=O) groups excluding carboxylic acids is 1. The lowest BCUT2D eigenvalue weighted by Crippen LogP contribution is -2.16. The molecule has 0 aliphatic carbocycles. The van der Waals surface area contributed by atoms with Crippen LogP contribution in [0.1, 0.15) is 12.5 Å². The van der Waals surface area contributed by atoms with E-state index in [1.54, 1.807) is 0 Å². The molecule has 0 bridgehead atoms. The number of nitrogens with one attached hydrogen (secondary N) is 1. The molecule has 22 heteroatoms. The van der Waals surface area contributed by atoms with Crippen LogP contribution in [0.4, 0.5) is 17.1 Å². The standard InChI is InChI=1S/C21H21N3O15S4/c1-10-5-14(16(26)9-17(10)40(28,29)4-3-39-43(36,37)38)23-24-20-18(42(33,34)35)7-12-6-13(41(30,31)32)8-15(22-11(2)25)19(12)21(20)27/h5-9,26-27H,3-4H2,1-2H3,(H,22,25)(H,30,31,32)(H,33,34,35)(H,36,37,38). The lowest BCUT2D eigenvalue weighted by molar-refractivity contribution is -0.114. The third kappa shape index (κ3) is 7.99. The fourth-order valence-corrected chi connectivity index (χ4v) is 6.69. The maximum Gasteiger partial charge on any atom is 0.397 e. The third-order valence-electron chi connectivity index (χ3n) is 5.46. The topological polar surface area (TPSA) is 301 Å². The van der Waals surface area contributed by atoms with Crippen molar-refractivity contribution in [2.45, 2.75) is 28.5 Å². The summed E-state index contributed by atoms with van der Waals surface area (Å²) in [6.07, 6.45) is 0. The first-order valence-electron chi connectivity index (χ1n) is 11.2. The normalized spacial score (nSPS) is 13.0. The molecule has 0 aliphatic heterocycles. The van der Waals surface area contributed by atoms with Crippen LogP contribution < -0.4 is 5.32 Å². The number of carbonyl (C=O) groups is 1. The Labute approximate surface area is 244 Å². The number of anilines is 1. The fraction of sp³-hybridized carbons (Fsp3) is 0.190. The van der Waals surface area contributed by atoms with Gasteiger partial charge in [-0.3, -0.25) is 18.5 Å². The van der Waals surface area contributed by atoms with Crippen LogP contribution in [0, 0.1) is 6.92 Å². The van der Waals surface area contributed by atoms with E-state index in [0.717, 1.165) is 25.1 Å². The van der Waals surface area contributed by atoms with Crippen molar-refractivity contribution in [3.05, 3.63) is 35.9 Å². The maximum atomic E-state index is 12.6. The van der Waals surface area contributed by atoms with Crippen LogP contribution in [0.5, 0.6) is 11.5 Å². The van der Waals surface area contributed by atoms with E-state index in [1.807, 2.05) is 0 Å². The Kier molecular flexibility index (Phi) is 9.20. The van der Waals surface area contributed by atoms with E-state index >= 15 is 0 Å². The van der Waals surface area contributed by atoms with Crippen molar-refractivity contribution in [1.82, 2.24) is 0 Å². The van der Waals surface area contributed by atoms with Gasteiger partial charge in [-0.1, -0.05) is 0 Å². The van der Waals surface area contributed by atoms with Crippen molar-refractivity contribution >= 4 is 74.2 Å². The van der Waals surface area contributed by atoms with Gasteiger partial charge in [0.05, 0.1) is 27.8 Å². The van der Waals surface area contributed by atoms with Gasteiger partial charge in [-0.15, -0.1) is 10.2 Å². The number of fused-ring (bicyclic) bond motifs is 1. The molecule has 0 heterocycles. The summed E-state index contributed by atoms with van der Waals surface area (Å²) in [6, 6.07) is 3.83. The second-order valence-corrected chi connectivity index (χ2v) is 14.6. The average molecular weight is 684 g/mol. The number of nitrogens with zero attached hydrogens (tertiary/aromatic N) is 2. The molecule has 0 saturated carbocycles. The Morgan fingerprint density at radius 1 is 0.860 bits per heavy atom. The van der Waals surface area contributed by atoms with Crippen LogP contribution in [0.25, 0.3) is 10.8 Å². The predicted molar refractivity (Wildman–Crippen MR) is 146 cm³/mol. The van der Waals surface area contributed by atoms with Gasteiger partial charge in [0.15, 0.2) is 15.6 Å². The second kappa shape index (κ2) is 11.7. The summed E-state index contributed by atoms with van der Waals surface area (Å²) >= 11 is 0. The number of rotatable bonds is 10. The lowest BCUT2D eigenvalue weighted by Gasteiger charge is -2.14. The fourth-order valence-electron chi connectivity index (χ4n) is 3.73. The van der Waals surface area contributed by atoms with Crippen LogP contribution in [0.2, 0.25) is 0 Å². The number of phenolic OH excluding ortho intramolecular Hbond substituents is 2. The quantitative estimate of drug-likeness (QED) is 0.132. The first-order chi connectivity index (χ1) is 19.5. The molecule has 0 aromatic heterocycles. The lowest BCUT2D eigenvalue weighted by atomic mass is 10.1. The molecule has 3 aromatic rings. The molecule has 0 fully saturated rings. The summed E-state index contributed by atoms with van der Waals surface area (Å²) < 4.78 is 126. The zero-order valence-electron chi connectivity index (χ0n) is 21.6. The van der Waals surface area contributed by atoms with Gasteiger partial charge in [-0.2, -0.15) is 25.3 Å². The number of aromatic hydroxyl groups is 2. The van der Waals surface area contributed by atoms with Crippen LogP contribution in [0.15, 0.2) is 55.2 Å². The molecule has 18 nitrogen and oxygen atoms in total. The van der Waals surface area contributed by atoms with Crippen LogP contribution in [0.3, 0.4) is 0 Å². The molecule has 0 atom stereocenters. The van der Waals surface area contributed by atoms with Crippen molar-refractivity contribution in [1.29, 1.82) is 0 Å². The molecule has 0 radical (unpaired) electrons. The molecule has 43 heavy (non-hydrogen) atoms. The predicted octanol–water partition coefficient (Wildman–Crippen LogP) is 2.02. The van der Waals surface area contributed by atoms with E-state index in [2.05, 4.69) is 19.7 Å². The number of hydrogen-bond acceptors (Lipinski definition) is 14. The van der Waals surface area contributed by atoms with Crippen molar-refractivity contribution in [2.75, 3.05) is 17.7 Å². The average Bonchev–Trinajstić information content (AvgIpc) is 2.82. The van der Waals surface area contributed by atoms with Gasteiger partial charge in [-0.25, -0.2) is 12.6 Å². The number of phenols is 2. The van der Waals surface area contributed by atoms with Gasteiger partial charge in [0.25, 0.3) is 20.2 Å². The van der Waals surface area contributed by atoms with Gasteiger partial charge in [0.2, 0.25) is 5.91 Å². The Balaban J connectivity index is 2.21. The van der Waals surface area contributed by atoms with E-state index < -0.39 is 113 Å². The number of hydrogen-bond donors (Lipinski definition) is 6. The summed E-state index contributed by atoms with van der Waals surface area (Å²) in [5, 5.41) is 30.0. The minimum absolute atomic E-state index is 0.0676. The van der Waals surface area contributed by atoms with Crippen molar-refractivity contribution in [2.24, 2.45) is 10.2 Å². The molecule has 0 unspecified atom stereocenters. The molecule has 0 aliphatic rings. The molecular formula is C21H21N3O15S4. The summed E-state index contributed by atoms with van der Waals surface area (Å²) in [5.41, 5.74) is -1.91. The number of azo groups is 1. The van der Waals surface area contributed by atoms with E-state index in [-0.39, 0.29) is 5.56 Å². The summed E-state index contributed by atoms with van der Waals surface area (Å²) in [7, 11) is -19.3. The van der Waals surface area contributed by atoms with Gasteiger partial charge >= 0.3 is 10.4 Å². The number of aryl methyl sites for hydroxylation is 1.